The standard InChI is InChI=1S/C35H48ClFN6O7S/c1-22(44)20-43(34(46)50-35(2,3)4)21-26(41-51(47,48)27-13-14-27)12-15-28-29(37)6-5-7-30(28)39-33(45)32(40-42-38)31(24-16-18-49-19-17-24)23-8-10-25(36)11-9-23/h5-11,22,24,26-27,31-32,41,44H,12-21H2,1-4H3,(H,39,45)/t22-,26+,31+,32+/m1/s1. The van der Waals surface area contributed by atoms with Crippen LogP contribution in [-0.4, -0.2) is 85.8 Å². The van der Waals surface area contributed by atoms with Crippen molar-refractivity contribution in [1.29, 1.82) is 0 Å². The van der Waals surface area contributed by atoms with Crippen LogP contribution in [0.2, 0.25) is 5.02 Å². The summed E-state index contributed by atoms with van der Waals surface area (Å²) >= 11 is 6.15. The second-order valence-corrected chi connectivity index (χ2v) is 16.7. The van der Waals surface area contributed by atoms with E-state index in [0.717, 1.165) is 5.56 Å². The minimum absolute atomic E-state index is 0.0319. The van der Waals surface area contributed by atoms with Gasteiger partial charge in [0.15, 0.2) is 0 Å². The molecule has 4 rings (SSSR count). The molecule has 0 bridgehead atoms. The third kappa shape index (κ3) is 12.0. The van der Waals surface area contributed by atoms with Gasteiger partial charge in [0.2, 0.25) is 15.9 Å². The summed E-state index contributed by atoms with van der Waals surface area (Å²) in [4.78, 5) is 31.4. The molecule has 1 saturated carbocycles. The molecule has 2 aromatic carbocycles. The van der Waals surface area contributed by atoms with Gasteiger partial charge < -0.3 is 24.8 Å². The first kappa shape index (κ1) is 40.3. The van der Waals surface area contributed by atoms with Crippen molar-refractivity contribution in [3.05, 3.63) is 74.9 Å². The lowest BCUT2D eigenvalue weighted by molar-refractivity contribution is -0.118. The number of nitrogens with one attached hydrogen (secondary N) is 2. The van der Waals surface area contributed by atoms with Crippen LogP contribution in [0.3, 0.4) is 0 Å². The Morgan fingerprint density at radius 3 is 2.39 bits per heavy atom. The number of hydrogen-bond acceptors (Lipinski definition) is 8. The molecule has 2 amide bonds. The summed E-state index contributed by atoms with van der Waals surface area (Å²) in [6, 6.07) is 9.12. The largest absolute Gasteiger partial charge is 0.444 e. The van der Waals surface area contributed by atoms with Crippen LogP contribution < -0.4 is 10.0 Å². The molecule has 0 spiro atoms. The fourth-order valence-electron chi connectivity index (χ4n) is 6.30. The first-order valence-electron chi connectivity index (χ1n) is 17.2. The number of carbonyl (C=O) groups excluding carboxylic acids is 2. The maximum Gasteiger partial charge on any atom is 0.410 e. The summed E-state index contributed by atoms with van der Waals surface area (Å²) in [5, 5.41) is 16.8. The number of halogens is 2. The SMILES string of the molecule is C[C@@H](O)CN(C[C@H](CCc1c(F)cccc1NC(=O)[C@@H](N=[N+]=[N-])[C@@H](c1ccc(Cl)cc1)C1CCOCC1)NS(=O)(=O)C1CC1)C(=O)OC(C)(C)C. The van der Waals surface area contributed by atoms with Crippen LogP contribution in [0.25, 0.3) is 10.4 Å². The Morgan fingerprint density at radius 2 is 1.80 bits per heavy atom. The topological polar surface area (TPSA) is 183 Å². The first-order chi connectivity index (χ1) is 24.1. The molecule has 1 aliphatic carbocycles. The number of benzene rings is 2. The number of rotatable bonds is 16. The number of amides is 2. The summed E-state index contributed by atoms with van der Waals surface area (Å²) in [6.45, 7) is 7.28. The highest BCUT2D eigenvalue weighted by Gasteiger charge is 2.39. The molecule has 0 radical (unpaired) electrons. The number of ether oxygens (including phenoxy) is 2. The van der Waals surface area contributed by atoms with Gasteiger partial charge in [-0.25, -0.2) is 22.3 Å². The lowest BCUT2D eigenvalue weighted by Crippen LogP contribution is -2.49. The lowest BCUT2D eigenvalue weighted by Gasteiger charge is -2.34. The number of azide groups is 1. The molecule has 2 aliphatic rings. The molecule has 0 unspecified atom stereocenters. The van der Waals surface area contributed by atoms with Crippen LogP contribution in [-0.2, 0) is 30.7 Å². The van der Waals surface area contributed by atoms with E-state index in [1.165, 1.54) is 30.0 Å². The van der Waals surface area contributed by atoms with Gasteiger partial charge >= 0.3 is 6.09 Å². The van der Waals surface area contributed by atoms with E-state index in [9.17, 15) is 28.6 Å². The predicted molar refractivity (Wildman–Crippen MR) is 192 cm³/mol. The van der Waals surface area contributed by atoms with Crippen LogP contribution in [0, 0.1) is 11.7 Å². The summed E-state index contributed by atoms with van der Waals surface area (Å²) < 4.78 is 55.5. The second kappa shape index (κ2) is 17.8. The zero-order chi connectivity index (χ0) is 37.3. The fraction of sp³-hybridized carbons (Fsp3) is 0.600. The van der Waals surface area contributed by atoms with Crippen LogP contribution in [0.4, 0.5) is 14.9 Å². The van der Waals surface area contributed by atoms with Crippen molar-refractivity contribution >= 4 is 39.3 Å². The van der Waals surface area contributed by atoms with Crippen molar-refractivity contribution in [3.8, 4) is 0 Å². The van der Waals surface area contributed by atoms with Crippen molar-refractivity contribution in [2.75, 3.05) is 31.6 Å². The molecule has 280 valence electrons. The molecule has 16 heteroatoms. The van der Waals surface area contributed by atoms with Crippen LogP contribution in [0.5, 0.6) is 0 Å². The molecule has 4 atom stereocenters. The van der Waals surface area contributed by atoms with Gasteiger partial charge in [-0.15, -0.1) is 0 Å². The zero-order valence-corrected chi connectivity index (χ0v) is 31.0. The van der Waals surface area contributed by atoms with E-state index >= 15 is 4.39 Å². The highest BCUT2D eigenvalue weighted by molar-refractivity contribution is 7.90. The van der Waals surface area contributed by atoms with Gasteiger partial charge in [0.05, 0.1) is 11.4 Å². The molecule has 13 nitrogen and oxygen atoms in total. The van der Waals surface area contributed by atoms with Gasteiger partial charge in [0.25, 0.3) is 0 Å². The number of aliphatic hydroxyl groups is 1. The third-order valence-electron chi connectivity index (χ3n) is 8.80. The Balaban J connectivity index is 1.61. The van der Waals surface area contributed by atoms with E-state index < -0.39 is 62.8 Å². The summed E-state index contributed by atoms with van der Waals surface area (Å²) in [5.74, 6) is -1.84. The number of hydrogen-bond donors (Lipinski definition) is 3. The highest BCUT2D eigenvalue weighted by Crippen LogP contribution is 2.38. The van der Waals surface area contributed by atoms with E-state index in [1.807, 2.05) is 0 Å². The smallest absolute Gasteiger partial charge is 0.410 e. The number of aliphatic hydroxyl groups excluding tert-OH is 1. The quantitative estimate of drug-likeness (QED) is 0.102. The second-order valence-electron chi connectivity index (χ2n) is 14.3. The maximum atomic E-state index is 15.6. The van der Waals surface area contributed by atoms with Crippen molar-refractivity contribution in [2.45, 2.75) is 101 Å². The van der Waals surface area contributed by atoms with Gasteiger partial charge in [0.1, 0.15) is 17.5 Å². The van der Waals surface area contributed by atoms with Crippen LogP contribution in [0.15, 0.2) is 47.6 Å². The minimum atomic E-state index is -3.75. The van der Waals surface area contributed by atoms with Gasteiger partial charge in [-0.3, -0.25) is 4.79 Å². The van der Waals surface area contributed by atoms with E-state index in [4.69, 9.17) is 21.1 Å². The molecule has 1 saturated heterocycles. The number of anilines is 1. The van der Waals surface area contributed by atoms with Gasteiger partial charge in [-0.2, -0.15) is 0 Å². The highest BCUT2D eigenvalue weighted by atomic mass is 35.5. The van der Waals surface area contributed by atoms with Gasteiger partial charge in [0, 0.05) is 59.4 Å². The van der Waals surface area contributed by atoms with Crippen LogP contribution in [0.1, 0.15) is 76.8 Å². The van der Waals surface area contributed by atoms with E-state index in [1.54, 1.807) is 45.0 Å². The van der Waals surface area contributed by atoms with Crippen molar-refractivity contribution in [1.82, 2.24) is 9.62 Å². The number of nitrogens with zero attached hydrogens (tertiary/aromatic N) is 4. The third-order valence-corrected chi connectivity index (χ3v) is 11.1. The van der Waals surface area contributed by atoms with Gasteiger partial charge in [-0.1, -0.05) is 34.9 Å². The fourth-order valence-corrected chi connectivity index (χ4v) is 8.03. The Hall–Kier alpha value is -3.46. The van der Waals surface area contributed by atoms with Crippen molar-refractivity contribution in [2.24, 2.45) is 11.0 Å². The summed E-state index contributed by atoms with van der Waals surface area (Å²) in [6.07, 6.45) is 0.606. The van der Waals surface area contributed by atoms with E-state index in [0.29, 0.717) is 43.9 Å². The van der Waals surface area contributed by atoms with Crippen LogP contribution >= 0.6 is 11.6 Å². The average molecular weight is 751 g/mol. The lowest BCUT2D eigenvalue weighted by atomic mass is 9.76. The Kier molecular flexibility index (Phi) is 14.1. The van der Waals surface area contributed by atoms with E-state index in [-0.39, 0.29) is 43.1 Å². The van der Waals surface area contributed by atoms with E-state index in [2.05, 4.69) is 20.1 Å². The number of sulfonamides is 1. The van der Waals surface area contributed by atoms with Crippen molar-refractivity contribution < 1.29 is 37.0 Å². The Labute approximate surface area is 303 Å². The van der Waals surface area contributed by atoms with Gasteiger partial charge in [-0.05, 0) is 107 Å². The minimum Gasteiger partial charge on any atom is -0.444 e. The Bertz CT molecular complexity index is 1660. The molecule has 2 fully saturated rings. The summed E-state index contributed by atoms with van der Waals surface area (Å²) in [5.41, 5.74) is 9.72. The summed E-state index contributed by atoms with van der Waals surface area (Å²) in [7, 11) is -3.75. The molecule has 3 N–H and O–H groups in total. The molecular weight excluding hydrogens is 703 g/mol. The monoisotopic (exact) mass is 750 g/mol. The average Bonchev–Trinajstić information content (AvgIpc) is 3.91. The maximum absolute atomic E-state index is 15.6. The Morgan fingerprint density at radius 1 is 1.14 bits per heavy atom. The van der Waals surface area contributed by atoms with Crippen molar-refractivity contribution in [3.63, 3.8) is 0 Å². The first-order valence-corrected chi connectivity index (χ1v) is 19.1. The predicted octanol–water partition coefficient (Wildman–Crippen LogP) is 6.31. The molecular formula is C35H48ClFN6O7S. The molecule has 51 heavy (non-hydrogen) atoms. The molecule has 1 aliphatic heterocycles. The molecule has 0 aromatic heterocycles. The normalized spacial score (nSPS) is 17.8. The zero-order valence-electron chi connectivity index (χ0n) is 29.4. The molecule has 1 heterocycles. The molecule has 2 aromatic rings. The number of carbonyl (C=O) groups is 2.